The second-order valence-corrected chi connectivity index (χ2v) is 13.3. The number of carbonyl (C=O) groups excluding carboxylic acids is 2. The van der Waals surface area contributed by atoms with E-state index in [1.807, 2.05) is 30.3 Å². The van der Waals surface area contributed by atoms with E-state index in [-0.39, 0.29) is 35.4 Å². The standard InChI is InChI=1S/C36H38FN3O4S/c1-27-14-8-13-23-33(27)40(45(43,44)31-20-6-3-7-21-31)26-35(41)39(25-29-17-9-12-22-32(29)37)34(24-28-15-4-2-5-16-28)36(42)38-30-18-10-11-19-30/h2-9,12-17,20-23,30,34H,10-11,18-19,24-26H2,1H3,(H,38,42)/t34-/m1/s1. The summed E-state index contributed by atoms with van der Waals surface area (Å²) >= 11 is 0. The fourth-order valence-electron chi connectivity index (χ4n) is 5.81. The number of hydrogen-bond donors (Lipinski definition) is 1. The normalized spacial score (nSPS) is 14.1. The van der Waals surface area contributed by atoms with Gasteiger partial charge in [0.25, 0.3) is 10.0 Å². The third-order valence-corrected chi connectivity index (χ3v) is 10.0. The molecule has 45 heavy (non-hydrogen) atoms. The zero-order chi connectivity index (χ0) is 31.8. The molecule has 4 aromatic carbocycles. The largest absolute Gasteiger partial charge is 0.352 e. The molecule has 0 aromatic heterocycles. The summed E-state index contributed by atoms with van der Waals surface area (Å²) in [6, 6.07) is 29.3. The number of rotatable bonds is 12. The van der Waals surface area contributed by atoms with Crippen LogP contribution in [0.25, 0.3) is 0 Å². The predicted molar refractivity (Wildman–Crippen MR) is 173 cm³/mol. The molecular formula is C36H38FN3O4S. The SMILES string of the molecule is Cc1ccccc1N(CC(=O)N(Cc1ccccc1F)[C@H](Cc1ccccc1)C(=O)NC1CCCC1)S(=O)(=O)c1ccccc1. The molecule has 1 fully saturated rings. The van der Waals surface area contributed by atoms with Crippen molar-refractivity contribution in [2.45, 2.75) is 62.6 Å². The monoisotopic (exact) mass is 627 g/mol. The molecule has 2 amide bonds. The number of carbonyl (C=O) groups is 2. The van der Waals surface area contributed by atoms with Crippen molar-refractivity contribution >= 4 is 27.5 Å². The smallest absolute Gasteiger partial charge is 0.264 e. The highest BCUT2D eigenvalue weighted by Crippen LogP contribution is 2.28. The van der Waals surface area contributed by atoms with Crippen molar-refractivity contribution in [1.82, 2.24) is 10.2 Å². The number of nitrogens with one attached hydrogen (secondary N) is 1. The Kier molecular flexibility index (Phi) is 10.3. The quantitative estimate of drug-likeness (QED) is 0.208. The van der Waals surface area contributed by atoms with Crippen LogP contribution >= 0.6 is 0 Å². The lowest BCUT2D eigenvalue weighted by molar-refractivity contribution is -0.140. The Morgan fingerprint density at radius 2 is 1.44 bits per heavy atom. The van der Waals surface area contributed by atoms with Crippen molar-refractivity contribution in [2.24, 2.45) is 0 Å². The lowest BCUT2D eigenvalue weighted by Crippen LogP contribution is -2.54. The Labute approximate surface area is 264 Å². The first-order chi connectivity index (χ1) is 21.7. The van der Waals surface area contributed by atoms with Crippen LogP contribution in [0.1, 0.15) is 42.4 Å². The topological polar surface area (TPSA) is 86.8 Å². The van der Waals surface area contributed by atoms with Crippen LogP contribution in [0.15, 0.2) is 114 Å². The van der Waals surface area contributed by atoms with Crippen LogP contribution in [0.3, 0.4) is 0 Å². The van der Waals surface area contributed by atoms with Gasteiger partial charge in [-0.05, 0) is 55.2 Å². The van der Waals surface area contributed by atoms with Gasteiger partial charge in [0, 0.05) is 24.6 Å². The van der Waals surface area contributed by atoms with Crippen molar-refractivity contribution in [3.05, 3.63) is 132 Å². The van der Waals surface area contributed by atoms with E-state index >= 15 is 4.39 Å². The fraction of sp³-hybridized carbons (Fsp3) is 0.278. The van der Waals surface area contributed by atoms with Crippen LogP contribution in [0.2, 0.25) is 0 Å². The maximum atomic E-state index is 15.1. The first-order valence-corrected chi connectivity index (χ1v) is 16.7. The summed E-state index contributed by atoms with van der Waals surface area (Å²) in [4.78, 5) is 29.9. The molecule has 0 spiro atoms. The van der Waals surface area contributed by atoms with Crippen LogP contribution in [-0.4, -0.2) is 43.8 Å². The zero-order valence-electron chi connectivity index (χ0n) is 25.3. The Hall–Kier alpha value is -4.50. The average Bonchev–Trinajstić information content (AvgIpc) is 3.56. The van der Waals surface area contributed by atoms with Gasteiger partial charge in [0.2, 0.25) is 11.8 Å². The Balaban J connectivity index is 1.57. The van der Waals surface area contributed by atoms with Crippen molar-refractivity contribution in [3.8, 4) is 0 Å². The van der Waals surface area contributed by atoms with Gasteiger partial charge in [-0.25, -0.2) is 12.8 Å². The second kappa shape index (κ2) is 14.5. The maximum Gasteiger partial charge on any atom is 0.264 e. The van der Waals surface area contributed by atoms with Crippen molar-refractivity contribution in [2.75, 3.05) is 10.8 Å². The van der Waals surface area contributed by atoms with Crippen LogP contribution in [0, 0.1) is 12.7 Å². The summed E-state index contributed by atoms with van der Waals surface area (Å²) in [6.45, 7) is 0.977. The minimum absolute atomic E-state index is 0.0110. The van der Waals surface area contributed by atoms with Gasteiger partial charge < -0.3 is 10.2 Å². The molecule has 0 heterocycles. The summed E-state index contributed by atoms with van der Waals surface area (Å²) in [6.07, 6.45) is 3.89. The Bertz CT molecular complexity index is 1710. The Morgan fingerprint density at radius 3 is 2.11 bits per heavy atom. The van der Waals surface area contributed by atoms with E-state index in [0.717, 1.165) is 35.6 Å². The summed E-state index contributed by atoms with van der Waals surface area (Å²) in [7, 11) is -4.20. The molecular weight excluding hydrogens is 589 g/mol. The highest BCUT2D eigenvalue weighted by Gasteiger charge is 2.36. The van der Waals surface area contributed by atoms with Gasteiger partial charge in [0.05, 0.1) is 10.6 Å². The third kappa shape index (κ3) is 7.78. The van der Waals surface area contributed by atoms with Gasteiger partial charge in [-0.1, -0.05) is 97.8 Å². The molecule has 234 valence electrons. The number of halogens is 1. The number of anilines is 1. The minimum Gasteiger partial charge on any atom is -0.352 e. The third-order valence-electron chi connectivity index (χ3n) is 8.27. The van der Waals surface area contributed by atoms with E-state index < -0.39 is 34.3 Å². The number of aryl methyl sites for hydroxylation is 1. The zero-order valence-corrected chi connectivity index (χ0v) is 26.1. The van der Waals surface area contributed by atoms with E-state index in [0.29, 0.717) is 11.3 Å². The van der Waals surface area contributed by atoms with Gasteiger partial charge in [-0.2, -0.15) is 0 Å². The summed E-state index contributed by atoms with van der Waals surface area (Å²) in [5.41, 5.74) is 2.05. The summed E-state index contributed by atoms with van der Waals surface area (Å²) < 4.78 is 44.4. The number of amides is 2. The van der Waals surface area contributed by atoms with E-state index in [1.54, 1.807) is 67.6 Å². The van der Waals surface area contributed by atoms with Crippen LogP contribution < -0.4 is 9.62 Å². The molecule has 0 saturated heterocycles. The average molecular weight is 628 g/mol. The summed E-state index contributed by atoms with van der Waals surface area (Å²) in [5.74, 6) is -1.48. The van der Waals surface area contributed by atoms with Crippen LogP contribution in [0.4, 0.5) is 10.1 Å². The Morgan fingerprint density at radius 1 is 0.844 bits per heavy atom. The van der Waals surface area contributed by atoms with Gasteiger partial charge in [0.15, 0.2) is 0 Å². The van der Waals surface area contributed by atoms with Crippen molar-refractivity contribution in [3.63, 3.8) is 0 Å². The highest BCUT2D eigenvalue weighted by molar-refractivity contribution is 7.92. The highest BCUT2D eigenvalue weighted by atomic mass is 32.2. The molecule has 1 aliphatic rings. The van der Waals surface area contributed by atoms with Gasteiger partial charge >= 0.3 is 0 Å². The van der Waals surface area contributed by atoms with Gasteiger partial charge in [-0.3, -0.25) is 13.9 Å². The molecule has 1 saturated carbocycles. The molecule has 0 unspecified atom stereocenters. The first kappa shape index (κ1) is 31.9. The predicted octanol–water partition coefficient (Wildman–Crippen LogP) is 6.03. The number of hydrogen-bond acceptors (Lipinski definition) is 4. The number of para-hydroxylation sites is 1. The molecule has 1 atom stereocenters. The number of benzene rings is 4. The molecule has 0 aliphatic heterocycles. The maximum absolute atomic E-state index is 15.1. The van der Waals surface area contributed by atoms with Crippen molar-refractivity contribution < 1.29 is 22.4 Å². The fourth-order valence-corrected chi connectivity index (χ4v) is 7.31. The van der Waals surface area contributed by atoms with Gasteiger partial charge in [0.1, 0.15) is 18.4 Å². The lowest BCUT2D eigenvalue weighted by atomic mass is 10.0. The molecule has 1 N–H and O–H groups in total. The van der Waals surface area contributed by atoms with Crippen LogP contribution in [-0.2, 0) is 32.6 Å². The lowest BCUT2D eigenvalue weighted by Gasteiger charge is -2.34. The van der Waals surface area contributed by atoms with E-state index in [1.165, 1.54) is 23.1 Å². The second-order valence-electron chi connectivity index (χ2n) is 11.4. The molecule has 5 rings (SSSR count). The molecule has 9 heteroatoms. The molecule has 0 radical (unpaired) electrons. The minimum atomic E-state index is -4.20. The van der Waals surface area contributed by atoms with Crippen molar-refractivity contribution in [1.29, 1.82) is 0 Å². The number of nitrogens with zero attached hydrogens (tertiary/aromatic N) is 2. The van der Waals surface area contributed by atoms with E-state index in [4.69, 9.17) is 0 Å². The number of sulfonamides is 1. The summed E-state index contributed by atoms with van der Waals surface area (Å²) in [5, 5.41) is 3.13. The van der Waals surface area contributed by atoms with Gasteiger partial charge in [-0.15, -0.1) is 0 Å². The van der Waals surface area contributed by atoms with E-state index in [9.17, 15) is 18.0 Å². The molecule has 4 aromatic rings. The van der Waals surface area contributed by atoms with Crippen LogP contribution in [0.5, 0.6) is 0 Å². The molecule has 1 aliphatic carbocycles. The van der Waals surface area contributed by atoms with E-state index in [2.05, 4.69) is 5.32 Å². The molecule has 0 bridgehead atoms. The molecule has 7 nitrogen and oxygen atoms in total. The first-order valence-electron chi connectivity index (χ1n) is 15.2.